The van der Waals surface area contributed by atoms with Crippen LogP contribution in [0.3, 0.4) is 0 Å². The van der Waals surface area contributed by atoms with Gasteiger partial charge in [-0.15, -0.1) is 0 Å². The van der Waals surface area contributed by atoms with E-state index in [1.165, 1.54) is 0 Å². The molecule has 2 N–H and O–H groups in total. The summed E-state index contributed by atoms with van der Waals surface area (Å²) in [6, 6.07) is 3.65. The summed E-state index contributed by atoms with van der Waals surface area (Å²) in [5.41, 5.74) is 1.14. The first kappa shape index (κ1) is 15.4. The van der Waals surface area contributed by atoms with Gasteiger partial charge in [0, 0.05) is 32.0 Å². The molecule has 4 rings (SSSR count). The first-order chi connectivity index (χ1) is 11.3. The van der Waals surface area contributed by atoms with E-state index < -0.39 is 6.10 Å². The van der Waals surface area contributed by atoms with Crippen molar-refractivity contribution in [2.24, 2.45) is 0 Å². The lowest BCUT2D eigenvalue weighted by molar-refractivity contribution is -0.191. The summed E-state index contributed by atoms with van der Waals surface area (Å²) in [6.07, 6.45) is 2.58. The maximum absolute atomic E-state index is 10.9. The van der Waals surface area contributed by atoms with Gasteiger partial charge in [-0.05, 0) is 17.7 Å². The molecule has 23 heavy (non-hydrogen) atoms. The van der Waals surface area contributed by atoms with Crippen LogP contribution in [0.1, 0.15) is 5.56 Å². The predicted octanol–water partition coefficient (Wildman–Crippen LogP) is -0.643. The highest BCUT2D eigenvalue weighted by atomic mass is 16.7. The number of nitrogens with zero attached hydrogens (tertiary/aromatic N) is 2. The number of fused-ring (bicyclic) bond motifs is 2. The van der Waals surface area contributed by atoms with E-state index >= 15 is 0 Å². The van der Waals surface area contributed by atoms with Crippen LogP contribution in [0.2, 0.25) is 0 Å². The molecule has 5 unspecified atom stereocenters. The highest BCUT2D eigenvalue weighted by Gasteiger charge is 2.51. The summed E-state index contributed by atoms with van der Waals surface area (Å²) < 4.78 is 17.2. The zero-order valence-electron chi connectivity index (χ0n) is 13.0. The molecule has 7 heteroatoms. The molecule has 3 saturated heterocycles. The lowest BCUT2D eigenvalue weighted by atomic mass is 9.94. The average Bonchev–Trinajstić information content (AvgIpc) is 3.02. The number of ether oxygens (including phenoxy) is 3. The maximum Gasteiger partial charge on any atom is 0.176 e. The molecule has 0 saturated carbocycles. The maximum atomic E-state index is 10.9. The third-order valence-electron chi connectivity index (χ3n) is 4.89. The van der Waals surface area contributed by atoms with E-state index in [0.717, 1.165) is 18.7 Å². The van der Waals surface area contributed by atoms with Gasteiger partial charge in [0.2, 0.25) is 0 Å². The summed E-state index contributed by atoms with van der Waals surface area (Å²) in [5.74, 6) is 0. The molecule has 2 bridgehead atoms. The second-order valence-corrected chi connectivity index (χ2v) is 6.27. The lowest BCUT2D eigenvalue weighted by Crippen LogP contribution is -2.65. The zero-order chi connectivity index (χ0) is 15.6. The number of pyridine rings is 1. The Balaban J connectivity index is 1.45. The standard InChI is InChI=1S/C16H23N3O4/c20-15-13(18-9-11-1-3-17-4-2-11)12-10-22-16(23-12)14(15)19-5-7-21-8-6-19/h1-4,12-16,18,20H,5-10H2. The van der Waals surface area contributed by atoms with E-state index in [0.29, 0.717) is 26.4 Å². The molecule has 0 aromatic carbocycles. The Morgan fingerprint density at radius 3 is 2.83 bits per heavy atom. The molecular weight excluding hydrogens is 298 g/mol. The van der Waals surface area contributed by atoms with E-state index in [1.807, 2.05) is 12.1 Å². The number of hydrogen-bond acceptors (Lipinski definition) is 7. The SMILES string of the molecule is OC1C(NCc2ccncc2)C2COC(O2)C1N1CCOCC1. The molecule has 0 aliphatic carbocycles. The van der Waals surface area contributed by atoms with Crippen LogP contribution in [0.25, 0.3) is 0 Å². The Labute approximate surface area is 135 Å². The van der Waals surface area contributed by atoms with Gasteiger partial charge in [-0.2, -0.15) is 0 Å². The molecule has 4 heterocycles. The first-order valence-electron chi connectivity index (χ1n) is 8.22. The Hall–Kier alpha value is -1.09. The molecule has 0 radical (unpaired) electrons. The molecule has 0 amide bonds. The number of hydrogen-bond donors (Lipinski definition) is 2. The fourth-order valence-electron chi connectivity index (χ4n) is 3.65. The van der Waals surface area contributed by atoms with Gasteiger partial charge in [0.15, 0.2) is 6.29 Å². The fourth-order valence-corrected chi connectivity index (χ4v) is 3.65. The molecule has 3 aliphatic heterocycles. The summed E-state index contributed by atoms with van der Waals surface area (Å²) in [6.45, 7) is 4.17. The zero-order valence-corrected chi connectivity index (χ0v) is 13.0. The molecule has 126 valence electrons. The second kappa shape index (κ2) is 6.80. The van der Waals surface area contributed by atoms with Gasteiger partial charge in [-0.1, -0.05) is 0 Å². The number of aliphatic hydroxyl groups is 1. The monoisotopic (exact) mass is 321 g/mol. The Morgan fingerprint density at radius 2 is 2.04 bits per heavy atom. The molecule has 1 aromatic heterocycles. The van der Waals surface area contributed by atoms with Crippen LogP contribution >= 0.6 is 0 Å². The van der Waals surface area contributed by atoms with Crippen LogP contribution in [0.15, 0.2) is 24.5 Å². The molecule has 0 spiro atoms. The van der Waals surface area contributed by atoms with Gasteiger partial charge < -0.3 is 24.6 Å². The van der Waals surface area contributed by atoms with Gasteiger partial charge >= 0.3 is 0 Å². The Bertz CT molecular complexity index is 511. The predicted molar refractivity (Wildman–Crippen MR) is 81.7 cm³/mol. The van der Waals surface area contributed by atoms with Crippen LogP contribution in [-0.4, -0.2) is 78.5 Å². The van der Waals surface area contributed by atoms with Gasteiger partial charge in [0.05, 0.1) is 38.0 Å². The summed E-state index contributed by atoms with van der Waals surface area (Å²) in [7, 11) is 0. The van der Waals surface area contributed by atoms with E-state index in [4.69, 9.17) is 14.2 Å². The number of aromatic nitrogens is 1. The highest BCUT2D eigenvalue weighted by molar-refractivity contribution is 5.10. The second-order valence-electron chi connectivity index (χ2n) is 6.27. The van der Waals surface area contributed by atoms with Crippen LogP contribution in [0.4, 0.5) is 0 Å². The van der Waals surface area contributed by atoms with E-state index in [2.05, 4.69) is 15.2 Å². The fraction of sp³-hybridized carbons (Fsp3) is 0.688. The average molecular weight is 321 g/mol. The van der Waals surface area contributed by atoms with E-state index in [-0.39, 0.29) is 24.5 Å². The number of aliphatic hydroxyl groups excluding tert-OH is 1. The van der Waals surface area contributed by atoms with Crippen LogP contribution < -0.4 is 5.32 Å². The van der Waals surface area contributed by atoms with Crippen LogP contribution in [0.5, 0.6) is 0 Å². The molecule has 5 atom stereocenters. The summed E-state index contributed by atoms with van der Waals surface area (Å²) in [4.78, 5) is 6.25. The smallest absolute Gasteiger partial charge is 0.176 e. The van der Waals surface area contributed by atoms with Crippen LogP contribution in [-0.2, 0) is 20.8 Å². The minimum atomic E-state index is -0.527. The normalized spacial score (nSPS) is 37.9. The van der Waals surface area contributed by atoms with Gasteiger partial charge in [0.25, 0.3) is 0 Å². The molecular formula is C16H23N3O4. The van der Waals surface area contributed by atoms with Gasteiger partial charge in [-0.3, -0.25) is 9.88 Å². The molecule has 3 aliphatic rings. The van der Waals surface area contributed by atoms with E-state index in [1.54, 1.807) is 12.4 Å². The topological polar surface area (TPSA) is 76.1 Å². The van der Waals surface area contributed by atoms with Crippen molar-refractivity contribution in [3.05, 3.63) is 30.1 Å². The van der Waals surface area contributed by atoms with Crippen molar-refractivity contribution < 1.29 is 19.3 Å². The van der Waals surface area contributed by atoms with Crippen molar-refractivity contribution in [2.45, 2.75) is 37.1 Å². The molecule has 1 aromatic rings. The first-order valence-corrected chi connectivity index (χ1v) is 8.22. The summed E-state index contributed by atoms with van der Waals surface area (Å²) >= 11 is 0. The van der Waals surface area contributed by atoms with Crippen LogP contribution in [0, 0.1) is 0 Å². The van der Waals surface area contributed by atoms with Gasteiger partial charge in [-0.25, -0.2) is 0 Å². The van der Waals surface area contributed by atoms with Crippen molar-refractivity contribution in [3.63, 3.8) is 0 Å². The van der Waals surface area contributed by atoms with Crippen molar-refractivity contribution in [1.29, 1.82) is 0 Å². The third-order valence-corrected chi connectivity index (χ3v) is 4.89. The van der Waals surface area contributed by atoms with E-state index in [9.17, 15) is 5.11 Å². The molecule has 7 nitrogen and oxygen atoms in total. The number of morpholine rings is 1. The lowest BCUT2D eigenvalue weighted by Gasteiger charge is -2.45. The summed E-state index contributed by atoms with van der Waals surface area (Å²) in [5, 5.41) is 14.4. The van der Waals surface area contributed by atoms with Crippen molar-refractivity contribution in [2.75, 3.05) is 32.9 Å². The quantitative estimate of drug-likeness (QED) is 0.764. The largest absolute Gasteiger partial charge is 0.390 e. The Kier molecular flexibility index (Phi) is 4.57. The van der Waals surface area contributed by atoms with Crippen molar-refractivity contribution in [1.82, 2.24) is 15.2 Å². The van der Waals surface area contributed by atoms with Gasteiger partial charge in [0.1, 0.15) is 6.10 Å². The van der Waals surface area contributed by atoms with Crippen molar-refractivity contribution in [3.8, 4) is 0 Å². The third kappa shape index (κ3) is 3.13. The Morgan fingerprint density at radius 1 is 1.26 bits per heavy atom. The number of rotatable bonds is 4. The number of nitrogens with one attached hydrogen (secondary N) is 1. The minimum Gasteiger partial charge on any atom is -0.390 e. The minimum absolute atomic E-state index is 0.103. The van der Waals surface area contributed by atoms with Crippen molar-refractivity contribution >= 4 is 0 Å². The highest BCUT2D eigenvalue weighted by Crippen LogP contribution is 2.31. The molecule has 3 fully saturated rings.